The number of aromatic hydroxyl groups is 2. The van der Waals surface area contributed by atoms with Gasteiger partial charge in [-0.05, 0) is 239 Å². The summed E-state index contributed by atoms with van der Waals surface area (Å²) in [5, 5.41) is 28.7. The average Bonchev–Trinajstić information content (AvgIpc) is 0.830. The monoisotopic (exact) mass is 1280 g/mol. The number of hydrogen-bond donors (Lipinski definition) is 5. The molecule has 22 heteroatoms. The maximum absolute atomic E-state index is 14.0. The number of nitrogens with one attached hydrogen (secondary N) is 3. The number of rotatable bonds is 22. The summed E-state index contributed by atoms with van der Waals surface area (Å²) in [5.41, 5.74) is 3.78. The summed E-state index contributed by atoms with van der Waals surface area (Å²) in [4.78, 5) is 118. The van der Waals surface area contributed by atoms with Crippen molar-refractivity contribution in [1.82, 2.24) is 0 Å². The fourth-order valence-electron chi connectivity index (χ4n) is 9.90. The Balaban J connectivity index is 0.778. The SMILES string of the molecule is Cc1cc(NC(=O)CC(=O)OC(=O)CC(=O)Nc2cc(C)c(Oc3ccc(OC(=O)CC(=O)Nc4cc(C)c(Oc5ccc(O)c(C(=O)c6ccc(F)cc6)c5)c(C)c4)c(C(=O)c4ccc(F)cc4)c3)c(C)c2)cc(C)c1Oc1ccc(O)c(C(=O)c2ccc(F)cc2)c1. The van der Waals surface area contributed by atoms with Gasteiger partial charge in [0.2, 0.25) is 17.7 Å². The number of ether oxygens (including phenoxy) is 5. The number of esters is 3. The molecule has 0 aliphatic heterocycles. The molecule has 0 atom stereocenters. The molecule has 5 N–H and O–H groups in total. The van der Waals surface area contributed by atoms with Crippen LogP contribution in [-0.2, 0) is 33.5 Å². The van der Waals surface area contributed by atoms with Gasteiger partial charge in [-0.2, -0.15) is 0 Å². The number of ketones is 3. The van der Waals surface area contributed by atoms with E-state index in [4.69, 9.17) is 23.7 Å². The molecule has 0 saturated heterocycles. The summed E-state index contributed by atoms with van der Waals surface area (Å²) < 4.78 is 69.7. The average molecular weight is 1280 g/mol. The molecular weight excluding hydrogens is 1220 g/mol. The lowest BCUT2D eigenvalue weighted by molar-refractivity contribution is -0.160. The van der Waals surface area contributed by atoms with Crippen molar-refractivity contribution in [3.63, 3.8) is 0 Å². The number of halogens is 3. The van der Waals surface area contributed by atoms with E-state index in [1.165, 1.54) is 103 Å². The summed E-state index contributed by atoms with van der Waals surface area (Å²) in [5.74, 6) is -8.95. The van der Waals surface area contributed by atoms with Crippen LogP contribution in [0.4, 0.5) is 30.2 Å². The van der Waals surface area contributed by atoms with Crippen LogP contribution in [0, 0.1) is 59.0 Å². The van der Waals surface area contributed by atoms with Crippen LogP contribution >= 0.6 is 0 Å². The van der Waals surface area contributed by atoms with Crippen molar-refractivity contribution in [3.05, 3.63) is 248 Å². The van der Waals surface area contributed by atoms with Gasteiger partial charge >= 0.3 is 17.9 Å². The van der Waals surface area contributed by atoms with Gasteiger partial charge in [0.15, 0.2) is 17.3 Å². The first-order valence-corrected chi connectivity index (χ1v) is 28.7. The van der Waals surface area contributed by atoms with E-state index in [-0.39, 0.29) is 90.7 Å². The Bertz CT molecular complexity index is 4480. The molecule has 94 heavy (non-hydrogen) atoms. The largest absolute Gasteiger partial charge is 0.507 e. The predicted molar refractivity (Wildman–Crippen MR) is 337 cm³/mol. The number of phenolic OH excluding ortho intramolecular Hbond substituents is 2. The van der Waals surface area contributed by atoms with Gasteiger partial charge in [0.05, 0.1) is 16.7 Å². The minimum Gasteiger partial charge on any atom is -0.507 e. The number of benzene rings is 9. The minimum absolute atomic E-state index is 0.0194. The normalized spacial score (nSPS) is 10.8. The summed E-state index contributed by atoms with van der Waals surface area (Å²) in [6.07, 6.45) is -2.62. The van der Waals surface area contributed by atoms with E-state index in [0.29, 0.717) is 44.9 Å². The molecule has 0 radical (unpaired) electrons. The second-order valence-corrected chi connectivity index (χ2v) is 21.6. The molecule has 0 aromatic heterocycles. The lowest BCUT2D eigenvalue weighted by Crippen LogP contribution is -2.23. The van der Waals surface area contributed by atoms with Gasteiger partial charge in [-0.25, -0.2) is 13.2 Å². The number of amides is 3. The van der Waals surface area contributed by atoms with Crippen LogP contribution in [0.3, 0.4) is 0 Å². The molecule has 0 spiro atoms. The van der Waals surface area contributed by atoms with Gasteiger partial charge in [0.25, 0.3) is 0 Å². The topological polar surface area (TPSA) is 276 Å². The van der Waals surface area contributed by atoms with Gasteiger partial charge in [0, 0.05) is 33.8 Å². The second kappa shape index (κ2) is 28.7. The van der Waals surface area contributed by atoms with Crippen LogP contribution in [0.5, 0.6) is 51.7 Å². The standard InChI is InChI=1S/C72H56F3N3O16/c1-37-25-49(26-38(2)70(37)90-52-19-22-58(79)55(31-52)67(87)43-7-13-46(73)14-8-43)76-61(81)34-64(84)93-60-24-21-54(33-57(60)69(89)45-11-17-48(75)18-12-45)92-72-41(5)29-51(30-42(72)6)78-63(83)36-66(86)94-65(85)35-62(82)77-50-27-39(3)71(40(4)28-50)91-53-20-23-59(80)56(32-53)68(88)44-9-15-47(74)16-10-44/h7-33,79-80H,34-36H2,1-6H3,(H,76,81)(H,77,82)(H,78,83). The molecule has 0 saturated carbocycles. The van der Waals surface area contributed by atoms with Crippen molar-refractivity contribution in [1.29, 1.82) is 0 Å². The Morgan fingerprint density at radius 1 is 0.351 bits per heavy atom. The molecule has 0 bridgehead atoms. The van der Waals surface area contributed by atoms with Crippen LogP contribution in [-0.4, -0.2) is 63.2 Å². The zero-order valence-corrected chi connectivity index (χ0v) is 51.0. The van der Waals surface area contributed by atoms with E-state index in [2.05, 4.69) is 16.0 Å². The van der Waals surface area contributed by atoms with Gasteiger partial charge in [-0.1, -0.05) is 0 Å². The Hall–Kier alpha value is -12.2. The van der Waals surface area contributed by atoms with E-state index >= 15 is 0 Å². The molecule has 0 unspecified atom stereocenters. The summed E-state index contributed by atoms with van der Waals surface area (Å²) in [6, 6.07) is 35.6. The third kappa shape index (κ3) is 16.6. The van der Waals surface area contributed by atoms with Crippen molar-refractivity contribution in [2.45, 2.75) is 60.8 Å². The zero-order chi connectivity index (χ0) is 67.7. The first kappa shape index (κ1) is 66.2. The molecule has 0 aliphatic rings. The minimum atomic E-state index is -1.25. The van der Waals surface area contributed by atoms with E-state index < -0.39 is 89.7 Å². The second-order valence-electron chi connectivity index (χ2n) is 21.6. The Morgan fingerprint density at radius 2 is 0.628 bits per heavy atom. The maximum Gasteiger partial charge on any atom is 0.322 e. The maximum atomic E-state index is 14.0. The summed E-state index contributed by atoms with van der Waals surface area (Å²) in [6.45, 7) is 10.0. The molecule has 0 heterocycles. The first-order chi connectivity index (χ1) is 44.7. The molecule has 0 fully saturated rings. The van der Waals surface area contributed by atoms with E-state index in [1.807, 2.05) is 0 Å². The van der Waals surface area contributed by atoms with Gasteiger partial charge in [-0.3, -0.25) is 43.2 Å². The number of anilines is 3. The lowest BCUT2D eigenvalue weighted by Gasteiger charge is -2.16. The van der Waals surface area contributed by atoms with Crippen LogP contribution in [0.2, 0.25) is 0 Å². The fraction of sp³-hybridized carbons (Fsp3) is 0.125. The highest BCUT2D eigenvalue weighted by molar-refractivity contribution is 6.13. The van der Waals surface area contributed by atoms with Crippen LogP contribution in [0.25, 0.3) is 0 Å². The van der Waals surface area contributed by atoms with Gasteiger partial charge < -0.3 is 49.8 Å². The number of carbonyl (C=O) groups is 9. The van der Waals surface area contributed by atoms with E-state index in [9.17, 15) is 66.5 Å². The molecule has 9 aromatic carbocycles. The Labute approximate surface area is 534 Å². The van der Waals surface area contributed by atoms with Crippen LogP contribution < -0.4 is 34.9 Å². The smallest absolute Gasteiger partial charge is 0.322 e. The highest BCUT2D eigenvalue weighted by atomic mass is 19.1. The number of phenols is 2. The molecular formula is C72H56F3N3O16. The molecule has 19 nitrogen and oxygen atoms in total. The van der Waals surface area contributed by atoms with Crippen LogP contribution in [0.15, 0.2) is 164 Å². The van der Waals surface area contributed by atoms with E-state index in [1.54, 1.807) is 65.8 Å². The fourth-order valence-corrected chi connectivity index (χ4v) is 9.90. The number of aryl methyl sites for hydroxylation is 6. The van der Waals surface area contributed by atoms with Gasteiger partial charge in [0.1, 0.15) is 88.5 Å². The van der Waals surface area contributed by atoms with Crippen molar-refractivity contribution in [2.24, 2.45) is 0 Å². The van der Waals surface area contributed by atoms with Crippen LogP contribution in [0.1, 0.15) is 100 Å². The van der Waals surface area contributed by atoms with Crippen molar-refractivity contribution < 1.29 is 90.2 Å². The third-order valence-corrected chi connectivity index (χ3v) is 14.2. The molecule has 9 rings (SSSR count). The highest BCUT2D eigenvalue weighted by Gasteiger charge is 2.25. The zero-order valence-electron chi connectivity index (χ0n) is 51.0. The van der Waals surface area contributed by atoms with Crippen molar-refractivity contribution in [3.8, 4) is 51.7 Å². The molecule has 3 amide bonds. The summed E-state index contributed by atoms with van der Waals surface area (Å²) in [7, 11) is 0. The summed E-state index contributed by atoms with van der Waals surface area (Å²) >= 11 is 0. The Morgan fingerprint density at radius 3 is 0.947 bits per heavy atom. The molecule has 0 aliphatic carbocycles. The predicted octanol–water partition coefficient (Wildman–Crippen LogP) is 13.8. The molecule has 476 valence electrons. The quantitative estimate of drug-likeness (QED) is 0.0183. The van der Waals surface area contributed by atoms with E-state index in [0.717, 1.165) is 36.4 Å². The third-order valence-electron chi connectivity index (χ3n) is 14.2. The van der Waals surface area contributed by atoms with Crippen molar-refractivity contribution in [2.75, 3.05) is 16.0 Å². The van der Waals surface area contributed by atoms with Gasteiger partial charge in [-0.15, -0.1) is 0 Å². The number of carbonyl (C=O) groups excluding carboxylic acids is 9. The Kier molecular flexibility index (Phi) is 20.2. The number of hydrogen-bond acceptors (Lipinski definition) is 16. The van der Waals surface area contributed by atoms with Crippen molar-refractivity contribution >= 4 is 70.0 Å². The molecule has 9 aromatic rings. The lowest BCUT2D eigenvalue weighted by atomic mass is 10.0. The highest BCUT2D eigenvalue weighted by Crippen LogP contribution is 2.38. The first-order valence-electron chi connectivity index (χ1n) is 28.7.